The second-order valence-electron chi connectivity index (χ2n) is 6.41. The molecule has 1 aliphatic heterocycles. The zero-order valence-electron chi connectivity index (χ0n) is 12.2. The Morgan fingerprint density at radius 2 is 1.79 bits per heavy atom. The van der Waals surface area contributed by atoms with Crippen LogP contribution in [0.3, 0.4) is 0 Å². The monoisotopic (exact) mass is 261 g/mol. The Hall–Kier alpha value is -1.35. The van der Waals surface area contributed by atoms with Crippen molar-refractivity contribution in [3.8, 4) is 0 Å². The highest BCUT2D eigenvalue weighted by Gasteiger charge is 2.48. The Morgan fingerprint density at radius 1 is 1.26 bits per heavy atom. The highest BCUT2D eigenvalue weighted by molar-refractivity contribution is 5.88. The Balaban J connectivity index is 2.10. The van der Waals surface area contributed by atoms with Crippen LogP contribution in [0.2, 0.25) is 0 Å². The number of benzene rings is 1. The Labute approximate surface area is 115 Å². The van der Waals surface area contributed by atoms with Crippen LogP contribution in [0.25, 0.3) is 0 Å². The number of rotatable bonds is 3. The molecule has 0 bridgehead atoms. The van der Waals surface area contributed by atoms with Crippen LogP contribution in [0.5, 0.6) is 0 Å². The zero-order valence-corrected chi connectivity index (χ0v) is 12.2. The van der Waals surface area contributed by atoms with Gasteiger partial charge in [0.05, 0.1) is 18.5 Å². The van der Waals surface area contributed by atoms with Crippen molar-refractivity contribution >= 4 is 5.91 Å². The summed E-state index contributed by atoms with van der Waals surface area (Å²) in [6, 6.07) is 9.81. The Bertz CT molecular complexity index is 459. The van der Waals surface area contributed by atoms with E-state index in [1.807, 2.05) is 58.0 Å². The van der Waals surface area contributed by atoms with Crippen molar-refractivity contribution in [1.29, 1.82) is 0 Å². The van der Waals surface area contributed by atoms with Gasteiger partial charge < -0.3 is 10.0 Å². The van der Waals surface area contributed by atoms with Crippen LogP contribution in [0.15, 0.2) is 30.3 Å². The summed E-state index contributed by atoms with van der Waals surface area (Å²) in [5.41, 5.74) is -0.234. The maximum Gasteiger partial charge on any atom is 0.232 e. The van der Waals surface area contributed by atoms with Crippen LogP contribution in [0, 0.1) is 5.92 Å². The first-order chi connectivity index (χ1) is 8.77. The lowest BCUT2D eigenvalue weighted by atomic mass is 9.78. The van der Waals surface area contributed by atoms with Crippen molar-refractivity contribution in [3.63, 3.8) is 0 Å². The van der Waals surface area contributed by atoms with Gasteiger partial charge in [0.15, 0.2) is 0 Å². The summed E-state index contributed by atoms with van der Waals surface area (Å²) in [6.07, 6.45) is 0. The van der Waals surface area contributed by atoms with Crippen molar-refractivity contribution in [3.05, 3.63) is 35.9 Å². The van der Waals surface area contributed by atoms with Gasteiger partial charge >= 0.3 is 0 Å². The maximum absolute atomic E-state index is 12.6. The molecule has 0 aliphatic carbocycles. The number of carbonyl (C=O) groups is 1. The van der Waals surface area contributed by atoms with Crippen LogP contribution >= 0.6 is 0 Å². The van der Waals surface area contributed by atoms with Gasteiger partial charge in [0.2, 0.25) is 5.91 Å². The van der Waals surface area contributed by atoms with E-state index in [4.69, 9.17) is 0 Å². The second kappa shape index (κ2) is 4.64. The number of likely N-dealkylation sites (tertiary alicyclic amines) is 1. The number of β-amino-alcohol motifs (C(OH)–C–C–N with tert-alkyl or cyclic N) is 1. The van der Waals surface area contributed by atoms with Crippen LogP contribution in [0.4, 0.5) is 0 Å². The fraction of sp³-hybridized carbons (Fsp3) is 0.562. The quantitative estimate of drug-likeness (QED) is 0.906. The van der Waals surface area contributed by atoms with E-state index in [9.17, 15) is 9.90 Å². The predicted octanol–water partition coefficient (Wildman–Crippen LogP) is 2.19. The lowest BCUT2D eigenvalue weighted by Crippen LogP contribution is -2.68. The second-order valence-corrected chi connectivity index (χ2v) is 6.41. The molecule has 0 radical (unpaired) electrons. The van der Waals surface area contributed by atoms with Crippen molar-refractivity contribution < 1.29 is 9.90 Å². The lowest BCUT2D eigenvalue weighted by molar-refractivity contribution is -0.168. The third-order valence-electron chi connectivity index (χ3n) is 4.32. The molecule has 0 saturated carbocycles. The summed E-state index contributed by atoms with van der Waals surface area (Å²) in [7, 11) is 0. The van der Waals surface area contributed by atoms with E-state index < -0.39 is 11.0 Å². The minimum atomic E-state index is -0.706. The van der Waals surface area contributed by atoms with Gasteiger partial charge in [0, 0.05) is 0 Å². The van der Waals surface area contributed by atoms with Gasteiger partial charge in [-0.25, -0.2) is 0 Å². The fourth-order valence-electron chi connectivity index (χ4n) is 2.50. The number of hydrogen-bond acceptors (Lipinski definition) is 2. The molecule has 0 aromatic heterocycles. The molecule has 1 aromatic rings. The van der Waals surface area contributed by atoms with E-state index in [1.165, 1.54) is 0 Å². The average Bonchev–Trinajstić information content (AvgIpc) is 2.34. The summed E-state index contributed by atoms with van der Waals surface area (Å²) >= 11 is 0. The van der Waals surface area contributed by atoms with Crippen LogP contribution in [0.1, 0.15) is 33.3 Å². The van der Waals surface area contributed by atoms with E-state index in [-0.39, 0.29) is 11.8 Å². The molecule has 104 valence electrons. The molecular formula is C16H23NO2. The molecule has 3 nitrogen and oxygen atoms in total. The molecule has 0 atom stereocenters. The molecule has 1 fully saturated rings. The highest BCUT2D eigenvalue weighted by Crippen LogP contribution is 2.33. The largest absolute Gasteiger partial charge is 0.386 e. The van der Waals surface area contributed by atoms with E-state index in [0.29, 0.717) is 13.1 Å². The van der Waals surface area contributed by atoms with Crippen molar-refractivity contribution in [2.24, 2.45) is 5.92 Å². The number of aliphatic hydroxyl groups is 1. The predicted molar refractivity (Wildman–Crippen MR) is 75.8 cm³/mol. The number of amides is 1. The molecule has 0 spiro atoms. The molecule has 1 saturated heterocycles. The lowest BCUT2D eigenvalue weighted by Gasteiger charge is -2.51. The number of hydrogen-bond donors (Lipinski definition) is 1. The van der Waals surface area contributed by atoms with Gasteiger partial charge in [-0.1, -0.05) is 44.2 Å². The Morgan fingerprint density at radius 3 is 2.26 bits per heavy atom. The van der Waals surface area contributed by atoms with Crippen LogP contribution in [-0.4, -0.2) is 34.6 Å². The van der Waals surface area contributed by atoms with E-state index >= 15 is 0 Å². The standard InChI is InChI=1S/C16H23NO2/c1-12(2)16(19)10-17(11-16)14(18)15(3,4)13-8-6-5-7-9-13/h5-9,12,19H,10-11H2,1-4H3. The van der Waals surface area contributed by atoms with E-state index in [2.05, 4.69) is 0 Å². The summed E-state index contributed by atoms with van der Waals surface area (Å²) in [4.78, 5) is 14.3. The van der Waals surface area contributed by atoms with E-state index in [0.717, 1.165) is 5.56 Å². The third kappa shape index (κ3) is 2.39. The minimum Gasteiger partial charge on any atom is -0.386 e. The summed E-state index contributed by atoms with van der Waals surface area (Å²) in [5.74, 6) is 0.264. The molecule has 1 amide bonds. The molecular weight excluding hydrogens is 238 g/mol. The van der Waals surface area contributed by atoms with Gasteiger partial charge in [0.25, 0.3) is 0 Å². The first kappa shape index (κ1) is 14.1. The Kier molecular flexibility index (Phi) is 3.43. The number of nitrogens with zero attached hydrogens (tertiary/aromatic N) is 1. The zero-order chi connectivity index (χ0) is 14.3. The normalized spacial score (nSPS) is 18.3. The maximum atomic E-state index is 12.6. The molecule has 0 unspecified atom stereocenters. The molecule has 2 rings (SSSR count). The van der Waals surface area contributed by atoms with Gasteiger partial charge in [-0.15, -0.1) is 0 Å². The van der Waals surface area contributed by atoms with Gasteiger partial charge in [-0.05, 0) is 25.3 Å². The van der Waals surface area contributed by atoms with Crippen LogP contribution < -0.4 is 0 Å². The first-order valence-electron chi connectivity index (χ1n) is 6.84. The molecule has 1 aliphatic rings. The summed E-state index contributed by atoms with van der Waals surface area (Å²) in [5, 5.41) is 10.2. The fourth-order valence-corrected chi connectivity index (χ4v) is 2.50. The summed E-state index contributed by atoms with van der Waals surface area (Å²) < 4.78 is 0. The minimum absolute atomic E-state index is 0.0871. The molecule has 1 N–H and O–H groups in total. The SMILES string of the molecule is CC(C)C1(O)CN(C(=O)C(C)(C)c2ccccc2)C1. The first-order valence-corrected chi connectivity index (χ1v) is 6.84. The van der Waals surface area contributed by atoms with Gasteiger partial charge in [-0.2, -0.15) is 0 Å². The molecule has 1 heterocycles. The molecule has 1 aromatic carbocycles. The third-order valence-corrected chi connectivity index (χ3v) is 4.32. The topological polar surface area (TPSA) is 40.5 Å². The number of carbonyl (C=O) groups excluding carboxylic acids is 1. The molecule has 19 heavy (non-hydrogen) atoms. The highest BCUT2D eigenvalue weighted by atomic mass is 16.3. The van der Waals surface area contributed by atoms with Crippen molar-refractivity contribution in [1.82, 2.24) is 4.90 Å². The van der Waals surface area contributed by atoms with Gasteiger partial charge in [-0.3, -0.25) is 4.79 Å². The van der Waals surface area contributed by atoms with Crippen molar-refractivity contribution in [2.45, 2.75) is 38.7 Å². The molecule has 3 heteroatoms. The average molecular weight is 261 g/mol. The van der Waals surface area contributed by atoms with Crippen molar-refractivity contribution in [2.75, 3.05) is 13.1 Å². The van der Waals surface area contributed by atoms with E-state index in [1.54, 1.807) is 4.90 Å². The summed E-state index contributed by atoms with van der Waals surface area (Å²) in [6.45, 7) is 8.75. The van der Waals surface area contributed by atoms with Gasteiger partial charge in [0.1, 0.15) is 5.60 Å². The van der Waals surface area contributed by atoms with Crippen LogP contribution in [-0.2, 0) is 10.2 Å². The smallest absolute Gasteiger partial charge is 0.232 e.